The molecule has 3 fully saturated rings. The van der Waals surface area contributed by atoms with E-state index in [0.29, 0.717) is 18.5 Å². The molecule has 0 aromatic carbocycles. The second-order valence-electron chi connectivity index (χ2n) is 7.82. The van der Waals surface area contributed by atoms with Crippen LogP contribution < -0.4 is 0 Å². The Kier molecular flexibility index (Phi) is 9.19. The van der Waals surface area contributed by atoms with E-state index in [-0.39, 0.29) is 18.9 Å². The number of aromatic nitrogens is 1. The maximum atomic E-state index is 12.7. The normalized spacial score (nSPS) is 23.1. The van der Waals surface area contributed by atoms with Crippen molar-refractivity contribution in [2.45, 2.75) is 45.2 Å². The Balaban J connectivity index is 0.000000480. The minimum atomic E-state index is -0.250. The highest BCUT2D eigenvalue weighted by Crippen LogP contribution is 2.38. The molecule has 4 rings (SSSR count). The molecule has 2 atom stereocenters. The summed E-state index contributed by atoms with van der Waals surface area (Å²) in [6.45, 7) is 7.77. The minimum Gasteiger partial charge on any atom is -0.483 e. The number of carbonyl (C=O) groups is 3. The number of carboxylic acid groups (broad SMARTS) is 2. The third kappa shape index (κ3) is 6.77. The van der Waals surface area contributed by atoms with Gasteiger partial charge in [0.2, 0.25) is 5.91 Å². The van der Waals surface area contributed by atoms with E-state index in [1.807, 2.05) is 30.9 Å². The van der Waals surface area contributed by atoms with Crippen molar-refractivity contribution in [3.63, 3.8) is 0 Å². The van der Waals surface area contributed by atoms with Crippen LogP contribution in [-0.2, 0) is 25.5 Å². The number of hydrogen-bond donors (Lipinski definition) is 2. The molecule has 1 aromatic heterocycles. The summed E-state index contributed by atoms with van der Waals surface area (Å²) in [5.41, 5.74) is 3.04. The number of carbonyl (C=O) groups excluding carboxylic acids is 1. The first-order valence-electron chi connectivity index (χ1n) is 10.1. The van der Waals surface area contributed by atoms with Crippen LogP contribution in [0.15, 0.2) is 12.1 Å². The van der Waals surface area contributed by atoms with E-state index < -0.39 is 0 Å². The van der Waals surface area contributed by atoms with Crippen molar-refractivity contribution in [3.05, 3.63) is 29.1 Å². The molecule has 30 heavy (non-hydrogen) atoms. The summed E-state index contributed by atoms with van der Waals surface area (Å²) < 4.78 is 5.84. The Hall–Kier alpha value is -2.52. The van der Waals surface area contributed by atoms with Crippen molar-refractivity contribution in [2.24, 2.45) is 5.92 Å². The Morgan fingerprint density at radius 1 is 1.13 bits per heavy atom. The zero-order valence-electron chi connectivity index (χ0n) is 17.6. The summed E-state index contributed by atoms with van der Waals surface area (Å²) in [5.74, 6) is 1.06. The number of hydrogen-bond acceptors (Lipinski definition) is 6. The van der Waals surface area contributed by atoms with E-state index >= 15 is 0 Å². The van der Waals surface area contributed by atoms with Crippen LogP contribution in [-0.4, -0.2) is 88.8 Å². The zero-order valence-corrected chi connectivity index (χ0v) is 17.6. The number of nitrogens with zero attached hydrogens (tertiary/aromatic N) is 3. The molecule has 3 heterocycles. The van der Waals surface area contributed by atoms with E-state index in [1.54, 1.807) is 0 Å². The lowest BCUT2D eigenvalue weighted by atomic mass is 10.0. The van der Waals surface area contributed by atoms with Gasteiger partial charge in [-0.05, 0) is 50.3 Å². The van der Waals surface area contributed by atoms with Crippen LogP contribution in [0, 0.1) is 19.8 Å². The third-order valence-corrected chi connectivity index (χ3v) is 5.57. The highest BCUT2D eigenvalue weighted by Gasteiger charge is 2.43. The lowest BCUT2D eigenvalue weighted by Crippen LogP contribution is -2.63. The molecule has 2 N–H and O–H groups in total. The molecule has 9 nitrogen and oxygen atoms in total. The van der Waals surface area contributed by atoms with Crippen LogP contribution in [0.25, 0.3) is 0 Å². The summed E-state index contributed by atoms with van der Waals surface area (Å²) in [7, 11) is 0. The average molecular weight is 421 g/mol. The smallest absolute Gasteiger partial charge is 0.290 e. The topological polar surface area (TPSA) is 120 Å². The molecule has 0 unspecified atom stereocenters. The van der Waals surface area contributed by atoms with E-state index in [9.17, 15) is 4.79 Å². The molecule has 0 radical (unpaired) electrons. The number of pyridine rings is 1. The number of amides is 1. The van der Waals surface area contributed by atoms with Gasteiger partial charge >= 0.3 is 0 Å². The predicted molar refractivity (Wildman–Crippen MR) is 109 cm³/mol. The predicted octanol–water partition coefficient (Wildman–Crippen LogP) is 0.964. The van der Waals surface area contributed by atoms with Gasteiger partial charge in [-0.2, -0.15) is 0 Å². The SMILES string of the molecule is Cc1cc(CC(=O)N2CCN3[C@@H](COC[C@@H]3C3CC3)C2)cc(C)n1.O=CO.O=CO. The Morgan fingerprint density at radius 2 is 1.73 bits per heavy atom. The second kappa shape index (κ2) is 11.6. The summed E-state index contributed by atoms with van der Waals surface area (Å²) in [4.78, 5) is 38.5. The van der Waals surface area contributed by atoms with Crippen LogP contribution in [0.2, 0.25) is 0 Å². The van der Waals surface area contributed by atoms with Gasteiger partial charge in [-0.1, -0.05) is 0 Å². The van der Waals surface area contributed by atoms with Crippen LogP contribution in [0.4, 0.5) is 0 Å². The summed E-state index contributed by atoms with van der Waals surface area (Å²) in [6.07, 6.45) is 3.17. The molecule has 1 amide bonds. The number of piperazine rings is 1. The molecular formula is C21H31N3O6. The standard InChI is InChI=1S/C19H27N3O2.2CH2O2/c1-13-7-15(8-14(2)20-13)9-19(23)21-5-6-22-17(10-21)11-24-12-18(22)16-3-4-16;2*2-1-3/h7-8,16-18H,3-6,9-12H2,1-2H3;2*1H,(H,2,3)/t17-,18-;;/m1../s1. The van der Waals surface area contributed by atoms with Gasteiger partial charge in [0.05, 0.1) is 25.7 Å². The van der Waals surface area contributed by atoms with Gasteiger partial charge in [-0.25, -0.2) is 0 Å². The van der Waals surface area contributed by atoms with Crippen LogP contribution >= 0.6 is 0 Å². The van der Waals surface area contributed by atoms with Crippen molar-refractivity contribution in [1.82, 2.24) is 14.8 Å². The molecule has 2 aliphatic heterocycles. The molecule has 0 spiro atoms. The van der Waals surface area contributed by atoms with Gasteiger partial charge in [-0.3, -0.25) is 24.3 Å². The second-order valence-corrected chi connectivity index (χ2v) is 7.82. The fourth-order valence-corrected chi connectivity index (χ4v) is 4.30. The first kappa shape index (κ1) is 23.8. The molecule has 166 valence electrons. The van der Waals surface area contributed by atoms with Gasteiger partial charge in [0, 0.05) is 37.1 Å². The zero-order chi connectivity index (χ0) is 22.1. The monoisotopic (exact) mass is 421 g/mol. The van der Waals surface area contributed by atoms with Gasteiger partial charge in [-0.15, -0.1) is 0 Å². The van der Waals surface area contributed by atoms with Crippen molar-refractivity contribution in [3.8, 4) is 0 Å². The highest BCUT2D eigenvalue weighted by atomic mass is 16.5. The van der Waals surface area contributed by atoms with Gasteiger partial charge in [0.25, 0.3) is 12.9 Å². The van der Waals surface area contributed by atoms with E-state index in [2.05, 4.69) is 9.88 Å². The van der Waals surface area contributed by atoms with Crippen molar-refractivity contribution < 1.29 is 29.3 Å². The van der Waals surface area contributed by atoms with Crippen LogP contribution in [0.3, 0.4) is 0 Å². The number of aryl methyl sites for hydroxylation is 2. The van der Waals surface area contributed by atoms with Crippen molar-refractivity contribution in [2.75, 3.05) is 32.8 Å². The summed E-state index contributed by atoms with van der Waals surface area (Å²) in [6, 6.07) is 5.01. The molecule has 1 saturated carbocycles. The van der Waals surface area contributed by atoms with Crippen molar-refractivity contribution in [1.29, 1.82) is 0 Å². The van der Waals surface area contributed by atoms with Gasteiger partial charge in [0.15, 0.2) is 0 Å². The largest absolute Gasteiger partial charge is 0.483 e. The first-order valence-corrected chi connectivity index (χ1v) is 10.1. The quantitative estimate of drug-likeness (QED) is 0.693. The maximum Gasteiger partial charge on any atom is 0.290 e. The molecule has 1 aromatic rings. The number of rotatable bonds is 3. The fraction of sp³-hybridized carbons (Fsp3) is 0.619. The molecular weight excluding hydrogens is 390 g/mol. The summed E-state index contributed by atoms with van der Waals surface area (Å²) >= 11 is 0. The third-order valence-electron chi connectivity index (χ3n) is 5.57. The maximum absolute atomic E-state index is 12.7. The minimum absolute atomic E-state index is 0.230. The number of morpholine rings is 1. The molecule has 0 bridgehead atoms. The average Bonchev–Trinajstić information content (AvgIpc) is 3.52. The number of ether oxygens (including phenoxy) is 1. The van der Waals surface area contributed by atoms with E-state index in [0.717, 1.165) is 55.7 Å². The molecule has 3 aliphatic rings. The van der Waals surface area contributed by atoms with Gasteiger partial charge < -0.3 is 19.8 Å². The van der Waals surface area contributed by atoms with Gasteiger partial charge in [0.1, 0.15) is 0 Å². The Morgan fingerprint density at radius 3 is 2.30 bits per heavy atom. The molecule has 2 saturated heterocycles. The lowest BCUT2D eigenvalue weighted by molar-refractivity contribution is -0.139. The Labute approximate surface area is 176 Å². The first-order chi connectivity index (χ1) is 14.4. The van der Waals surface area contributed by atoms with Crippen LogP contribution in [0.1, 0.15) is 29.8 Å². The van der Waals surface area contributed by atoms with E-state index in [1.165, 1.54) is 12.8 Å². The van der Waals surface area contributed by atoms with E-state index in [4.69, 9.17) is 24.5 Å². The van der Waals surface area contributed by atoms with Crippen LogP contribution in [0.5, 0.6) is 0 Å². The number of fused-ring (bicyclic) bond motifs is 1. The van der Waals surface area contributed by atoms with Crippen molar-refractivity contribution >= 4 is 18.9 Å². The highest BCUT2D eigenvalue weighted by molar-refractivity contribution is 5.79. The lowest BCUT2D eigenvalue weighted by Gasteiger charge is -2.48. The summed E-state index contributed by atoms with van der Waals surface area (Å²) in [5, 5.41) is 13.8. The molecule has 1 aliphatic carbocycles. The fourth-order valence-electron chi connectivity index (χ4n) is 4.30. The Bertz CT molecular complexity index is 698. The molecule has 9 heteroatoms.